The molecule has 0 heterocycles. The van der Waals surface area contributed by atoms with Gasteiger partial charge in [-0.25, -0.2) is 4.79 Å². The number of likely N-dealkylation sites (N-methyl/N-ethyl adjacent to an activating group) is 1. The number of aryl methyl sites for hydroxylation is 1. The number of methoxy groups -OCH3 is 1. The van der Waals surface area contributed by atoms with Crippen molar-refractivity contribution in [3.8, 4) is 0 Å². The first-order chi connectivity index (χ1) is 10.5. The Morgan fingerprint density at radius 3 is 2.45 bits per heavy atom. The Morgan fingerprint density at radius 2 is 1.95 bits per heavy atom. The van der Waals surface area contributed by atoms with Gasteiger partial charge >= 0.3 is 6.09 Å². The molecule has 1 atom stereocenters. The van der Waals surface area contributed by atoms with E-state index in [1.165, 1.54) is 24.7 Å². The van der Waals surface area contributed by atoms with Crippen molar-refractivity contribution in [3.63, 3.8) is 0 Å². The van der Waals surface area contributed by atoms with Gasteiger partial charge in [0.25, 0.3) is 0 Å². The highest BCUT2D eigenvalue weighted by Gasteiger charge is 2.14. The van der Waals surface area contributed by atoms with Gasteiger partial charge in [0.1, 0.15) is 0 Å². The van der Waals surface area contributed by atoms with Crippen LogP contribution in [-0.4, -0.2) is 37.7 Å². The summed E-state index contributed by atoms with van der Waals surface area (Å²) in [5, 5.41) is 2.71. The minimum Gasteiger partial charge on any atom is -0.453 e. The molecule has 0 radical (unpaired) electrons. The van der Waals surface area contributed by atoms with Crippen molar-refractivity contribution in [2.24, 2.45) is 0 Å². The second-order valence-corrected chi connectivity index (χ2v) is 5.34. The Morgan fingerprint density at radius 1 is 1.32 bits per heavy atom. The lowest BCUT2D eigenvalue weighted by Crippen LogP contribution is -2.36. The third-order valence-corrected chi connectivity index (χ3v) is 3.33. The van der Waals surface area contributed by atoms with Crippen LogP contribution in [-0.2, 0) is 4.74 Å². The number of hydrogen-bond donors (Lipinski definition) is 1. The van der Waals surface area contributed by atoms with E-state index in [1.807, 2.05) is 0 Å². The molecule has 1 aromatic rings. The van der Waals surface area contributed by atoms with Crippen molar-refractivity contribution >= 4 is 6.09 Å². The summed E-state index contributed by atoms with van der Waals surface area (Å²) < 4.78 is 4.56. The molecule has 1 N–H and O–H groups in total. The quantitative estimate of drug-likeness (QED) is 0.858. The Balaban J connectivity index is 0.00000135. The van der Waals surface area contributed by atoms with Crippen LogP contribution in [0.5, 0.6) is 0 Å². The summed E-state index contributed by atoms with van der Waals surface area (Å²) in [7, 11) is 1.38. The number of ether oxygens (including phenoxy) is 1. The van der Waals surface area contributed by atoms with Crippen LogP contribution in [0, 0.1) is 6.92 Å². The van der Waals surface area contributed by atoms with E-state index in [1.54, 1.807) is 0 Å². The molecule has 1 rings (SSSR count). The Bertz CT molecular complexity index is 421. The lowest BCUT2D eigenvalue weighted by Gasteiger charge is -2.28. The summed E-state index contributed by atoms with van der Waals surface area (Å²) >= 11 is 0. The van der Waals surface area contributed by atoms with Crippen LogP contribution in [0.25, 0.3) is 0 Å². The van der Waals surface area contributed by atoms with Gasteiger partial charge < -0.3 is 10.1 Å². The van der Waals surface area contributed by atoms with E-state index < -0.39 is 0 Å². The maximum absolute atomic E-state index is 11.0. The molecule has 0 spiro atoms. The van der Waals surface area contributed by atoms with Crippen LogP contribution in [0.1, 0.15) is 51.3 Å². The minimum absolute atomic E-state index is 0.337. The summed E-state index contributed by atoms with van der Waals surface area (Å²) in [6.07, 6.45) is 0.874. The molecule has 0 bridgehead atoms. The van der Waals surface area contributed by atoms with E-state index >= 15 is 0 Å². The normalized spacial score (nSPS) is 11.4. The van der Waals surface area contributed by atoms with Gasteiger partial charge in [-0.05, 0) is 26.0 Å². The number of carbonyl (C=O) groups is 1. The zero-order valence-corrected chi connectivity index (χ0v) is 15.0. The number of hydrogen-bond acceptors (Lipinski definition) is 3. The van der Waals surface area contributed by atoms with Gasteiger partial charge in [0, 0.05) is 19.1 Å². The number of alkyl carbamates (subject to hydrolysis) is 1. The molecule has 22 heavy (non-hydrogen) atoms. The molecule has 1 amide bonds. The molecule has 0 aliphatic rings. The maximum atomic E-state index is 11.0. The van der Waals surface area contributed by atoms with Gasteiger partial charge in [0.2, 0.25) is 0 Å². The molecule has 1 aromatic carbocycles. The van der Waals surface area contributed by atoms with Crippen molar-refractivity contribution < 1.29 is 9.53 Å². The van der Waals surface area contributed by atoms with E-state index in [9.17, 15) is 4.79 Å². The summed E-state index contributed by atoms with van der Waals surface area (Å²) in [5.41, 5.74) is 2.58. The van der Waals surface area contributed by atoms with Crippen molar-refractivity contribution in [2.45, 2.75) is 47.1 Å². The summed E-state index contributed by atoms with van der Waals surface area (Å²) in [4.78, 5) is 13.3. The summed E-state index contributed by atoms with van der Waals surface area (Å²) in [6.45, 7) is 13.0. The molecule has 0 saturated carbocycles. The number of carbonyl (C=O) groups excluding carboxylic acids is 1. The first kappa shape index (κ1) is 20.5. The standard InChI is InChI=1S/C15H24N2O2.C3H8/c1-5-17(10-9-16-15(18)19-4)13(3)14-8-6-7-12(2)11-14;1-3-2/h6-8,11,13H,5,9-10H2,1-4H3,(H,16,18);3H2,1-2H3. The average Bonchev–Trinajstić information content (AvgIpc) is 2.51. The molecule has 4 heteroatoms. The number of amides is 1. The zero-order chi connectivity index (χ0) is 17.0. The highest BCUT2D eigenvalue weighted by molar-refractivity contribution is 5.66. The van der Waals surface area contributed by atoms with Crippen molar-refractivity contribution in [1.82, 2.24) is 10.2 Å². The molecule has 0 saturated heterocycles. The third-order valence-electron chi connectivity index (χ3n) is 3.33. The Labute approximate surface area is 135 Å². The molecular formula is C18H32N2O2. The van der Waals surface area contributed by atoms with E-state index in [0.29, 0.717) is 12.6 Å². The second kappa shape index (κ2) is 12.0. The van der Waals surface area contributed by atoms with Gasteiger partial charge in [-0.1, -0.05) is 57.0 Å². The van der Waals surface area contributed by atoms with Crippen LogP contribution in [0.15, 0.2) is 24.3 Å². The topological polar surface area (TPSA) is 41.6 Å². The van der Waals surface area contributed by atoms with Gasteiger partial charge in [-0.15, -0.1) is 0 Å². The second-order valence-electron chi connectivity index (χ2n) is 5.34. The smallest absolute Gasteiger partial charge is 0.406 e. The van der Waals surface area contributed by atoms with Gasteiger partial charge in [0.15, 0.2) is 0 Å². The molecule has 4 nitrogen and oxygen atoms in total. The first-order valence-electron chi connectivity index (χ1n) is 8.12. The Hall–Kier alpha value is -1.55. The van der Waals surface area contributed by atoms with Crippen LogP contribution in [0.4, 0.5) is 4.79 Å². The van der Waals surface area contributed by atoms with Gasteiger partial charge in [-0.3, -0.25) is 4.90 Å². The summed E-state index contributed by atoms with van der Waals surface area (Å²) in [6, 6.07) is 8.88. The fourth-order valence-corrected chi connectivity index (χ4v) is 2.14. The van der Waals surface area contributed by atoms with Gasteiger partial charge in [-0.2, -0.15) is 0 Å². The molecule has 0 aliphatic heterocycles. The monoisotopic (exact) mass is 308 g/mol. The van der Waals surface area contributed by atoms with Crippen molar-refractivity contribution in [1.29, 1.82) is 0 Å². The number of benzene rings is 1. The van der Waals surface area contributed by atoms with E-state index in [0.717, 1.165) is 13.1 Å². The predicted octanol–water partition coefficient (Wildman–Crippen LogP) is 4.15. The lowest BCUT2D eigenvalue weighted by molar-refractivity contribution is 0.165. The molecule has 126 valence electrons. The van der Waals surface area contributed by atoms with Crippen molar-refractivity contribution in [2.75, 3.05) is 26.7 Å². The van der Waals surface area contributed by atoms with Crippen LogP contribution in [0.3, 0.4) is 0 Å². The molecule has 0 aliphatic carbocycles. The average molecular weight is 308 g/mol. The Kier molecular flexibility index (Phi) is 11.2. The third kappa shape index (κ3) is 8.03. The van der Waals surface area contributed by atoms with Gasteiger partial charge in [0.05, 0.1) is 7.11 Å². The number of nitrogens with one attached hydrogen (secondary N) is 1. The van der Waals surface area contributed by atoms with Crippen LogP contribution >= 0.6 is 0 Å². The largest absolute Gasteiger partial charge is 0.453 e. The lowest BCUT2D eigenvalue weighted by atomic mass is 10.0. The molecule has 1 unspecified atom stereocenters. The first-order valence-corrected chi connectivity index (χ1v) is 8.12. The number of nitrogens with zero attached hydrogens (tertiary/aromatic N) is 1. The maximum Gasteiger partial charge on any atom is 0.406 e. The van der Waals surface area contributed by atoms with Crippen molar-refractivity contribution in [3.05, 3.63) is 35.4 Å². The highest BCUT2D eigenvalue weighted by Crippen LogP contribution is 2.20. The van der Waals surface area contributed by atoms with E-state index in [2.05, 4.69) is 73.8 Å². The van der Waals surface area contributed by atoms with E-state index in [4.69, 9.17) is 0 Å². The zero-order valence-electron chi connectivity index (χ0n) is 15.0. The molecular weight excluding hydrogens is 276 g/mol. The predicted molar refractivity (Wildman–Crippen MR) is 93.2 cm³/mol. The van der Waals surface area contributed by atoms with Crippen LogP contribution < -0.4 is 5.32 Å². The fraction of sp³-hybridized carbons (Fsp3) is 0.611. The fourth-order valence-electron chi connectivity index (χ4n) is 2.14. The van der Waals surface area contributed by atoms with Crippen LogP contribution in [0.2, 0.25) is 0 Å². The van der Waals surface area contributed by atoms with E-state index in [-0.39, 0.29) is 6.09 Å². The minimum atomic E-state index is -0.376. The summed E-state index contributed by atoms with van der Waals surface area (Å²) in [5.74, 6) is 0. The highest BCUT2D eigenvalue weighted by atomic mass is 16.5. The SMILES string of the molecule is CCC.CCN(CCNC(=O)OC)C(C)c1cccc(C)c1. The molecule has 0 fully saturated rings. The molecule has 0 aromatic heterocycles. The number of rotatable bonds is 6.